The van der Waals surface area contributed by atoms with Gasteiger partial charge in [0.1, 0.15) is 0 Å². The van der Waals surface area contributed by atoms with E-state index in [4.69, 9.17) is 5.11 Å². The highest BCUT2D eigenvalue weighted by Gasteiger charge is 2.49. The summed E-state index contributed by atoms with van der Waals surface area (Å²) in [4.78, 5) is 22.4. The van der Waals surface area contributed by atoms with E-state index in [0.29, 0.717) is 24.7 Å². The predicted octanol–water partition coefficient (Wildman–Crippen LogP) is 2.23. The SMILES string of the molecule is CC(C)C1CCC(C)(C(=O)O)C(C(=O)O)C1. The number of hydrogen-bond acceptors (Lipinski definition) is 2. The highest BCUT2D eigenvalue weighted by Crippen LogP contribution is 2.45. The van der Waals surface area contributed by atoms with E-state index in [-0.39, 0.29) is 0 Å². The molecule has 92 valence electrons. The van der Waals surface area contributed by atoms with Gasteiger partial charge >= 0.3 is 11.9 Å². The van der Waals surface area contributed by atoms with Crippen LogP contribution >= 0.6 is 0 Å². The third-order valence-corrected chi connectivity index (χ3v) is 4.07. The normalized spacial score (nSPS) is 35.0. The van der Waals surface area contributed by atoms with Crippen LogP contribution in [0.15, 0.2) is 0 Å². The quantitative estimate of drug-likeness (QED) is 0.776. The zero-order valence-electron chi connectivity index (χ0n) is 10.1. The van der Waals surface area contributed by atoms with Gasteiger partial charge in [-0.15, -0.1) is 0 Å². The molecule has 4 nitrogen and oxygen atoms in total. The number of carboxylic acids is 2. The average molecular weight is 228 g/mol. The van der Waals surface area contributed by atoms with Gasteiger partial charge in [0.2, 0.25) is 0 Å². The molecule has 1 saturated carbocycles. The van der Waals surface area contributed by atoms with Crippen molar-refractivity contribution in [3.8, 4) is 0 Å². The second-order valence-electron chi connectivity index (χ2n) is 5.39. The molecule has 0 aliphatic heterocycles. The Balaban J connectivity index is 2.92. The molecular formula is C12H20O4. The Hall–Kier alpha value is -1.06. The van der Waals surface area contributed by atoms with Gasteiger partial charge < -0.3 is 10.2 Å². The first-order chi connectivity index (χ1) is 7.29. The molecule has 3 unspecified atom stereocenters. The van der Waals surface area contributed by atoms with E-state index in [1.165, 1.54) is 0 Å². The second kappa shape index (κ2) is 4.44. The van der Waals surface area contributed by atoms with E-state index in [1.807, 2.05) is 0 Å². The molecule has 1 rings (SSSR count). The summed E-state index contributed by atoms with van der Waals surface area (Å²) in [5.41, 5.74) is -1.10. The Kier molecular flexibility index (Phi) is 3.61. The lowest BCUT2D eigenvalue weighted by molar-refractivity contribution is -0.166. The molecule has 1 aliphatic rings. The number of rotatable bonds is 3. The van der Waals surface area contributed by atoms with Crippen molar-refractivity contribution >= 4 is 11.9 Å². The van der Waals surface area contributed by atoms with Crippen LogP contribution in [-0.2, 0) is 9.59 Å². The minimum atomic E-state index is -1.10. The van der Waals surface area contributed by atoms with E-state index in [1.54, 1.807) is 6.92 Å². The van der Waals surface area contributed by atoms with Gasteiger partial charge in [0.05, 0.1) is 11.3 Å². The van der Waals surface area contributed by atoms with E-state index < -0.39 is 23.3 Å². The molecule has 0 amide bonds. The molecule has 16 heavy (non-hydrogen) atoms. The van der Waals surface area contributed by atoms with Crippen LogP contribution in [0.2, 0.25) is 0 Å². The minimum Gasteiger partial charge on any atom is -0.481 e. The third-order valence-electron chi connectivity index (χ3n) is 4.07. The number of carboxylic acid groups (broad SMARTS) is 2. The molecule has 1 fully saturated rings. The Bertz CT molecular complexity index is 297. The summed E-state index contributed by atoms with van der Waals surface area (Å²) < 4.78 is 0. The summed E-state index contributed by atoms with van der Waals surface area (Å²) in [6, 6.07) is 0. The van der Waals surface area contributed by atoms with Crippen LogP contribution in [0, 0.1) is 23.2 Å². The summed E-state index contributed by atoms with van der Waals surface area (Å²) in [6.07, 6.45) is 1.75. The van der Waals surface area contributed by atoms with Crippen molar-refractivity contribution in [3.63, 3.8) is 0 Å². The molecule has 0 aromatic rings. The summed E-state index contributed by atoms with van der Waals surface area (Å²) in [6.45, 7) is 5.69. The second-order valence-corrected chi connectivity index (χ2v) is 5.39. The Morgan fingerprint density at radius 3 is 2.25 bits per heavy atom. The Morgan fingerprint density at radius 1 is 1.31 bits per heavy atom. The van der Waals surface area contributed by atoms with Gasteiger partial charge in [0.15, 0.2) is 0 Å². The van der Waals surface area contributed by atoms with Crippen molar-refractivity contribution < 1.29 is 19.8 Å². The molecule has 0 aromatic carbocycles. The van der Waals surface area contributed by atoms with Gasteiger partial charge in [-0.3, -0.25) is 9.59 Å². The van der Waals surface area contributed by atoms with E-state index in [0.717, 1.165) is 6.42 Å². The summed E-state index contributed by atoms with van der Waals surface area (Å²) >= 11 is 0. The lowest BCUT2D eigenvalue weighted by atomic mass is 9.62. The molecule has 1 aliphatic carbocycles. The smallest absolute Gasteiger partial charge is 0.310 e. The summed E-state index contributed by atoms with van der Waals surface area (Å²) in [5.74, 6) is -1.97. The van der Waals surface area contributed by atoms with Crippen LogP contribution in [0.25, 0.3) is 0 Å². The zero-order chi connectivity index (χ0) is 12.5. The monoisotopic (exact) mass is 228 g/mol. The number of aliphatic carboxylic acids is 2. The fourth-order valence-corrected chi connectivity index (χ4v) is 2.57. The molecule has 0 bridgehead atoms. The van der Waals surface area contributed by atoms with Crippen LogP contribution in [0.4, 0.5) is 0 Å². The van der Waals surface area contributed by atoms with Gasteiger partial charge in [0, 0.05) is 0 Å². The van der Waals surface area contributed by atoms with Crippen molar-refractivity contribution in [1.29, 1.82) is 0 Å². The predicted molar refractivity (Wildman–Crippen MR) is 59.0 cm³/mol. The van der Waals surface area contributed by atoms with Crippen molar-refractivity contribution in [1.82, 2.24) is 0 Å². The Morgan fingerprint density at radius 2 is 1.88 bits per heavy atom. The van der Waals surface area contributed by atoms with Gasteiger partial charge in [0.25, 0.3) is 0 Å². The lowest BCUT2D eigenvalue weighted by Gasteiger charge is -2.40. The van der Waals surface area contributed by atoms with Crippen LogP contribution in [-0.4, -0.2) is 22.2 Å². The molecule has 0 spiro atoms. The maximum Gasteiger partial charge on any atom is 0.310 e. The van der Waals surface area contributed by atoms with Gasteiger partial charge in [-0.2, -0.15) is 0 Å². The summed E-state index contributed by atoms with van der Waals surface area (Å²) in [5, 5.41) is 18.3. The molecule has 0 heterocycles. The van der Waals surface area contributed by atoms with E-state index >= 15 is 0 Å². The number of carbonyl (C=O) groups is 2. The first-order valence-electron chi connectivity index (χ1n) is 5.75. The standard InChI is InChI=1S/C12H20O4/c1-7(2)8-4-5-12(3,11(15)16)9(6-8)10(13)14/h7-9H,4-6H2,1-3H3,(H,13,14)(H,15,16). The van der Waals surface area contributed by atoms with Gasteiger partial charge in [-0.1, -0.05) is 13.8 Å². The van der Waals surface area contributed by atoms with Gasteiger partial charge in [-0.05, 0) is 38.0 Å². The van der Waals surface area contributed by atoms with E-state index in [2.05, 4.69) is 13.8 Å². The lowest BCUT2D eigenvalue weighted by Crippen LogP contribution is -2.45. The largest absolute Gasteiger partial charge is 0.481 e. The molecule has 2 N–H and O–H groups in total. The third kappa shape index (κ3) is 2.20. The average Bonchev–Trinajstić information content (AvgIpc) is 2.17. The fourth-order valence-electron chi connectivity index (χ4n) is 2.57. The maximum atomic E-state index is 11.2. The minimum absolute atomic E-state index is 0.327. The summed E-state index contributed by atoms with van der Waals surface area (Å²) in [7, 11) is 0. The highest BCUT2D eigenvalue weighted by molar-refractivity contribution is 5.83. The zero-order valence-corrected chi connectivity index (χ0v) is 10.1. The van der Waals surface area contributed by atoms with Crippen molar-refractivity contribution in [2.45, 2.75) is 40.0 Å². The van der Waals surface area contributed by atoms with Crippen LogP contribution in [0.5, 0.6) is 0 Å². The molecule has 3 atom stereocenters. The molecular weight excluding hydrogens is 208 g/mol. The number of hydrogen-bond donors (Lipinski definition) is 2. The first kappa shape index (κ1) is 13.0. The molecule has 0 aromatic heterocycles. The van der Waals surface area contributed by atoms with Crippen LogP contribution < -0.4 is 0 Å². The van der Waals surface area contributed by atoms with Gasteiger partial charge in [-0.25, -0.2) is 0 Å². The first-order valence-corrected chi connectivity index (χ1v) is 5.75. The van der Waals surface area contributed by atoms with Crippen LogP contribution in [0.3, 0.4) is 0 Å². The van der Waals surface area contributed by atoms with E-state index in [9.17, 15) is 14.7 Å². The molecule has 0 saturated heterocycles. The molecule has 4 heteroatoms. The maximum absolute atomic E-state index is 11.2. The van der Waals surface area contributed by atoms with Crippen molar-refractivity contribution in [3.05, 3.63) is 0 Å². The van der Waals surface area contributed by atoms with Crippen molar-refractivity contribution in [2.75, 3.05) is 0 Å². The Labute approximate surface area is 95.7 Å². The highest BCUT2D eigenvalue weighted by atomic mass is 16.4. The molecule has 0 radical (unpaired) electrons. The van der Waals surface area contributed by atoms with Crippen molar-refractivity contribution in [2.24, 2.45) is 23.2 Å². The fraction of sp³-hybridized carbons (Fsp3) is 0.833. The van der Waals surface area contributed by atoms with Crippen LogP contribution in [0.1, 0.15) is 40.0 Å². The topological polar surface area (TPSA) is 74.6 Å².